The standard InChI is InChI=1S/C13H19N5S2/c1-3-14-13-17-16-12(20-13)11-9(2)15-10(19-11)8-18-6-4-5-7-18/h3-8H2,1-2H3,(H,14,17). The summed E-state index contributed by atoms with van der Waals surface area (Å²) < 4.78 is 0. The summed E-state index contributed by atoms with van der Waals surface area (Å²) in [5.74, 6) is 0. The van der Waals surface area contributed by atoms with Crippen LogP contribution in [0.25, 0.3) is 9.88 Å². The third-order valence-corrected chi connectivity index (χ3v) is 5.52. The first-order chi connectivity index (χ1) is 9.76. The van der Waals surface area contributed by atoms with Gasteiger partial charge in [0.25, 0.3) is 0 Å². The Labute approximate surface area is 127 Å². The molecule has 1 fully saturated rings. The van der Waals surface area contributed by atoms with Crippen LogP contribution in [0, 0.1) is 6.92 Å². The molecule has 5 nitrogen and oxygen atoms in total. The fourth-order valence-corrected chi connectivity index (χ4v) is 4.43. The molecule has 0 amide bonds. The van der Waals surface area contributed by atoms with Crippen LogP contribution in [0.4, 0.5) is 5.13 Å². The molecule has 0 radical (unpaired) electrons. The normalized spacial score (nSPS) is 15.9. The second kappa shape index (κ2) is 6.15. The highest BCUT2D eigenvalue weighted by Crippen LogP contribution is 2.34. The van der Waals surface area contributed by atoms with Crippen molar-refractivity contribution in [1.82, 2.24) is 20.1 Å². The van der Waals surface area contributed by atoms with Crippen LogP contribution in [0.5, 0.6) is 0 Å². The van der Waals surface area contributed by atoms with Gasteiger partial charge in [-0.2, -0.15) is 0 Å². The fourth-order valence-electron chi connectivity index (χ4n) is 2.39. The third kappa shape index (κ3) is 2.99. The van der Waals surface area contributed by atoms with E-state index in [1.54, 1.807) is 22.7 Å². The van der Waals surface area contributed by atoms with E-state index < -0.39 is 0 Å². The van der Waals surface area contributed by atoms with Crippen LogP contribution in [-0.2, 0) is 6.54 Å². The molecule has 2 aromatic heterocycles. The van der Waals surface area contributed by atoms with Crippen LogP contribution in [0.1, 0.15) is 30.5 Å². The molecule has 1 aliphatic rings. The highest BCUT2D eigenvalue weighted by molar-refractivity contribution is 7.23. The molecule has 1 saturated heterocycles. The maximum atomic E-state index is 4.70. The van der Waals surface area contributed by atoms with Crippen molar-refractivity contribution in [3.63, 3.8) is 0 Å². The van der Waals surface area contributed by atoms with Gasteiger partial charge >= 0.3 is 0 Å². The van der Waals surface area contributed by atoms with E-state index in [1.165, 1.54) is 35.8 Å². The molecule has 7 heteroatoms. The zero-order valence-corrected chi connectivity index (χ0v) is 13.5. The fraction of sp³-hybridized carbons (Fsp3) is 0.615. The predicted octanol–water partition coefficient (Wildman–Crippen LogP) is 3.00. The molecule has 0 atom stereocenters. The molecule has 0 aliphatic carbocycles. The smallest absolute Gasteiger partial charge is 0.206 e. The number of hydrogen-bond acceptors (Lipinski definition) is 7. The molecule has 1 aliphatic heterocycles. The second-order valence-corrected chi connectivity index (χ2v) is 7.01. The van der Waals surface area contributed by atoms with E-state index in [2.05, 4.69) is 34.3 Å². The summed E-state index contributed by atoms with van der Waals surface area (Å²) in [6, 6.07) is 0. The molecule has 0 bridgehead atoms. The molecule has 0 aromatic carbocycles. The first-order valence-electron chi connectivity index (χ1n) is 7.02. The third-order valence-electron chi connectivity index (χ3n) is 3.35. The average Bonchev–Trinajstić information content (AvgIpc) is 3.12. The topological polar surface area (TPSA) is 53.9 Å². The number of thiazole rings is 1. The van der Waals surface area contributed by atoms with Gasteiger partial charge in [0.05, 0.1) is 17.1 Å². The average molecular weight is 309 g/mol. The Morgan fingerprint density at radius 3 is 2.75 bits per heavy atom. The summed E-state index contributed by atoms with van der Waals surface area (Å²) in [5, 5.41) is 14.7. The highest BCUT2D eigenvalue weighted by atomic mass is 32.1. The molecule has 0 saturated carbocycles. The molecule has 108 valence electrons. The van der Waals surface area contributed by atoms with E-state index in [1.807, 2.05) is 0 Å². The molecule has 0 unspecified atom stereocenters. The summed E-state index contributed by atoms with van der Waals surface area (Å²) in [6.07, 6.45) is 2.64. The van der Waals surface area contributed by atoms with Gasteiger partial charge in [-0.3, -0.25) is 4.90 Å². The Morgan fingerprint density at radius 2 is 2.00 bits per heavy atom. The van der Waals surface area contributed by atoms with E-state index in [9.17, 15) is 0 Å². The van der Waals surface area contributed by atoms with Crippen LogP contribution < -0.4 is 5.32 Å². The van der Waals surface area contributed by atoms with E-state index in [0.29, 0.717) is 0 Å². The van der Waals surface area contributed by atoms with Gasteiger partial charge in [-0.05, 0) is 39.8 Å². The zero-order chi connectivity index (χ0) is 13.9. The van der Waals surface area contributed by atoms with Gasteiger partial charge in [-0.15, -0.1) is 21.5 Å². The van der Waals surface area contributed by atoms with Crippen molar-refractivity contribution < 1.29 is 0 Å². The summed E-state index contributed by atoms with van der Waals surface area (Å²) >= 11 is 3.36. The Hall–Kier alpha value is -1.05. The Bertz CT molecular complexity index is 571. The summed E-state index contributed by atoms with van der Waals surface area (Å²) in [4.78, 5) is 8.35. The monoisotopic (exact) mass is 309 g/mol. The highest BCUT2D eigenvalue weighted by Gasteiger charge is 2.18. The maximum Gasteiger partial charge on any atom is 0.206 e. The molecule has 3 rings (SSSR count). The number of nitrogens with one attached hydrogen (secondary N) is 1. The first-order valence-corrected chi connectivity index (χ1v) is 8.66. The van der Waals surface area contributed by atoms with Crippen molar-refractivity contribution in [2.45, 2.75) is 33.2 Å². The molecular formula is C13H19N5S2. The SMILES string of the molecule is CCNc1nnc(-c2sc(CN3CCCC3)nc2C)s1. The Kier molecular flexibility index (Phi) is 4.28. The molecule has 2 aromatic rings. The van der Waals surface area contributed by atoms with Crippen molar-refractivity contribution in [2.75, 3.05) is 25.0 Å². The Balaban J connectivity index is 1.76. The first kappa shape index (κ1) is 13.9. The Morgan fingerprint density at radius 1 is 1.20 bits per heavy atom. The maximum absolute atomic E-state index is 4.70. The van der Waals surface area contributed by atoms with Crippen LogP contribution in [-0.4, -0.2) is 39.7 Å². The van der Waals surface area contributed by atoms with E-state index >= 15 is 0 Å². The number of anilines is 1. The lowest BCUT2D eigenvalue weighted by atomic mass is 10.4. The number of likely N-dealkylation sites (tertiary alicyclic amines) is 1. The van der Waals surface area contributed by atoms with Gasteiger partial charge in [-0.25, -0.2) is 4.98 Å². The minimum absolute atomic E-state index is 0.872. The number of nitrogens with zero attached hydrogens (tertiary/aromatic N) is 4. The van der Waals surface area contributed by atoms with Gasteiger partial charge < -0.3 is 5.32 Å². The van der Waals surface area contributed by atoms with Gasteiger partial charge in [-0.1, -0.05) is 11.3 Å². The van der Waals surface area contributed by atoms with Crippen molar-refractivity contribution in [1.29, 1.82) is 0 Å². The predicted molar refractivity (Wildman–Crippen MR) is 84.4 cm³/mol. The van der Waals surface area contributed by atoms with Gasteiger partial charge in [0.1, 0.15) is 5.01 Å². The van der Waals surface area contributed by atoms with Crippen LogP contribution in [0.2, 0.25) is 0 Å². The molecular weight excluding hydrogens is 290 g/mol. The van der Waals surface area contributed by atoms with Crippen LogP contribution in [0.3, 0.4) is 0 Å². The lowest BCUT2D eigenvalue weighted by Gasteiger charge is -2.11. The summed E-state index contributed by atoms with van der Waals surface area (Å²) in [6.45, 7) is 8.39. The largest absolute Gasteiger partial charge is 0.360 e. The molecule has 20 heavy (non-hydrogen) atoms. The van der Waals surface area contributed by atoms with Crippen LogP contribution in [0.15, 0.2) is 0 Å². The minimum Gasteiger partial charge on any atom is -0.360 e. The van der Waals surface area contributed by atoms with Gasteiger partial charge in [0, 0.05) is 6.54 Å². The van der Waals surface area contributed by atoms with E-state index in [4.69, 9.17) is 4.98 Å². The van der Waals surface area contributed by atoms with Crippen molar-refractivity contribution in [3.05, 3.63) is 10.7 Å². The van der Waals surface area contributed by atoms with Crippen molar-refractivity contribution in [2.24, 2.45) is 0 Å². The number of aromatic nitrogens is 3. The lowest BCUT2D eigenvalue weighted by Crippen LogP contribution is -2.18. The zero-order valence-electron chi connectivity index (χ0n) is 11.8. The quantitative estimate of drug-likeness (QED) is 0.920. The van der Waals surface area contributed by atoms with E-state index in [0.717, 1.165) is 28.9 Å². The van der Waals surface area contributed by atoms with Crippen molar-refractivity contribution in [3.8, 4) is 9.88 Å². The number of aryl methyl sites for hydroxylation is 1. The van der Waals surface area contributed by atoms with Crippen LogP contribution >= 0.6 is 22.7 Å². The number of hydrogen-bond donors (Lipinski definition) is 1. The molecule has 0 spiro atoms. The van der Waals surface area contributed by atoms with Crippen molar-refractivity contribution >= 4 is 27.8 Å². The number of rotatable bonds is 5. The van der Waals surface area contributed by atoms with Gasteiger partial charge in [0.15, 0.2) is 5.01 Å². The molecule has 3 heterocycles. The summed E-state index contributed by atoms with van der Waals surface area (Å²) in [5.41, 5.74) is 1.07. The van der Waals surface area contributed by atoms with Gasteiger partial charge in [0.2, 0.25) is 5.13 Å². The summed E-state index contributed by atoms with van der Waals surface area (Å²) in [7, 11) is 0. The lowest BCUT2D eigenvalue weighted by molar-refractivity contribution is 0.330. The second-order valence-electron chi connectivity index (χ2n) is 4.95. The van der Waals surface area contributed by atoms with E-state index in [-0.39, 0.29) is 0 Å². The molecule has 1 N–H and O–H groups in total. The minimum atomic E-state index is 0.872.